The van der Waals surface area contributed by atoms with Crippen LogP contribution < -0.4 is 15.4 Å². The van der Waals surface area contributed by atoms with E-state index in [0.29, 0.717) is 24.3 Å². The van der Waals surface area contributed by atoms with Crippen LogP contribution in [0.3, 0.4) is 0 Å². The number of nitrogens with two attached hydrogens (primary N) is 1. The molecule has 2 N–H and O–H groups in total. The Labute approximate surface area is 274 Å². The number of nitrogens with zero attached hydrogens (tertiary/aromatic N) is 6. The molecule has 2 aromatic heterocycles. The van der Waals surface area contributed by atoms with Gasteiger partial charge in [0.15, 0.2) is 5.82 Å². The predicted octanol–water partition coefficient (Wildman–Crippen LogP) is 6.34. The van der Waals surface area contributed by atoms with Crippen molar-refractivity contribution in [2.24, 2.45) is 0 Å². The monoisotopic (exact) mass is 687 g/mol. The van der Waals surface area contributed by atoms with Crippen LogP contribution in [0.1, 0.15) is 36.8 Å². The number of benzene rings is 2. The summed E-state index contributed by atoms with van der Waals surface area (Å²) in [5.41, 5.74) is 1.77. The van der Waals surface area contributed by atoms with E-state index in [1.807, 2.05) is 11.0 Å². The van der Waals surface area contributed by atoms with Gasteiger partial charge in [-0.2, -0.15) is 33.7 Å². The van der Waals surface area contributed by atoms with Gasteiger partial charge in [-0.3, -0.25) is 4.90 Å². The number of thiophene rings is 1. The molecule has 16 heteroatoms. The lowest BCUT2D eigenvalue weighted by Gasteiger charge is -2.36. The van der Waals surface area contributed by atoms with Crippen molar-refractivity contribution >= 4 is 43.1 Å². The number of nitrogen functional groups attached to an aromatic ring is 1. The molecular weight excluding hydrogens is 660 g/mol. The van der Waals surface area contributed by atoms with Crippen LogP contribution in [0.25, 0.3) is 32.1 Å². The van der Waals surface area contributed by atoms with Crippen LogP contribution in [0.15, 0.2) is 18.2 Å². The molecule has 0 saturated carbocycles. The molecule has 2 aromatic carbocycles. The lowest BCUT2D eigenvalue weighted by Crippen LogP contribution is -2.46. The summed E-state index contributed by atoms with van der Waals surface area (Å²) in [6, 6.07) is 5.49. The van der Waals surface area contributed by atoms with Gasteiger partial charge in [0, 0.05) is 35.8 Å². The summed E-state index contributed by atoms with van der Waals surface area (Å²) in [7, 11) is 0. The lowest BCUT2D eigenvalue weighted by molar-refractivity contribution is -0.137. The fourth-order valence-electron chi connectivity index (χ4n) is 7.33. The zero-order valence-electron chi connectivity index (χ0n) is 25.2. The van der Waals surface area contributed by atoms with Crippen LogP contribution in [-0.4, -0.2) is 72.1 Å². The number of halogens is 6. The highest BCUT2D eigenvalue weighted by molar-refractivity contribution is 7.23. The Balaban J connectivity index is 1.48. The molecule has 4 aromatic rings. The smallest absolute Gasteiger partial charge is 0.417 e. The van der Waals surface area contributed by atoms with E-state index in [1.165, 1.54) is 0 Å². The number of aromatic nitrogens is 2. The van der Waals surface area contributed by atoms with Gasteiger partial charge in [-0.25, -0.2) is 13.2 Å². The van der Waals surface area contributed by atoms with Crippen LogP contribution in [0, 0.1) is 34.3 Å². The van der Waals surface area contributed by atoms with Gasteiger partial charge in [-0.05, 0) is 37.1 Å². The van der Waals surface area contributed by atoms with E-state index in [2.05, 4.69) is 9.97 Å². The maximum absolute atomic E-state index is 17.0. The molecule has 3 aliphatic heterocycles. The van der Waals surface area contributed by atoms with E-state index in [4.69, 9.17) is 15.2 Å². The van der Waals surface area contributed by atoms with Crippen LogP contribution in [0.2, 0.25) is 0 Å². The summed E-state index contributed by atoms with van der Waals surface area (Å²) in [4.78, 5) is 12.3. The van der Waals surface area contributed by atoms with Crippen molar-refractivity contribution in [3.05, 3.63) is 41.0 Å². The van der Waals surface area contributed by atoms with E-state index in [-0.39, 0.29) is 89.2 Å². The first-order valence-electron chi connectivity index (χ1n) is 15.2. The fourth-order valence-corrected chi connectivity index (χ4v) is 8.28. The Morgan fingerprint density at radius 1 is 1.19 bits per heavy atom. The fraction of sp³-hybridized carbons (Fsp3) is 0.438. The highest BCUT2D eigenvalue weighted by Crippen LogP contribution is 2.48. The molecule has 0 bridgehead atoms. The average Bonchev–Trinajstić information content (AvgIpc) is 3.69. The maximum atomic E-state index is 17.0. The quantitative estimate of drug-likeness (QED) is 0.232. The number of hydrogen-bond donors (Lipinski definition) is 1. The summed E-state index contributed by atoms with van der Waals surface area (Å²) in [5.74, 6) is -2.32. The van der Waals surface area contributed by atoms with Gasteiger partial charge in [0.1, 0.15) is 41.0 Å². The number of rotatable bonds is 6. The molecular formula is C32H27F6N7O2S. The van der Waals surface area contributed by atoms with Gasteiger partial charge >= 0.3 is 12.2 Å². The molecule has 3 fully saturated rings. The summed E-state index contributed by atoms with van der Waals surface area (Å²) < 4.78 is 102. The molecule has 48 heavy (non-hydrogen) atoms. The van der Waals surface area contributed by atoms with Gasteiger partial charge in [0.25, 0.3) is 0 Å². The van der Waals surface area contributed by atoms with Crippen LogP contribution in [0.4, 0.5) is 37.2 Å². The van der Waals surface area contributed by atoms with Crippen molar-refractivity contribution < 1.29 is 35.8 Å². The van der Waals surface area contributed by atoms with Crippen molar-refractivity contribution in [1.82, 2.24) is 14.9 Å². The molecule has 3 aliphatic rings. The Morgan fingerprint density at radius 2 is 2.00 bits per heavy atom. The minimum atomic E-state index is -5.13. The Morgan fingerprint density at radius 3 is 2.75 bits per heavy atom. The number of anilines is 2. The molecule has 3 atom stereocenters. The molecule has 250 valence electrons. The first kappa shape index (κ1) is 32.2. The number of morpholine rings is 1. The third-order valence-corrected chi connectivity index (χ3v) is 10.5. The second kappa shape index (κ2) is 11.9. The normalized spacial score (nSPS) is 23.0. The van der Waals surface area contributed by atoms with Crippen molar-refractivity contribution in [3.63, 3.8) is 0 Å². The maximum Gasteiger partial charge on any atom is 0.417 e. The molecule has 0 unspecified atom stereocenters. The highest BCUT2D eigenvalue weighted by atomic mass is 32.1. The number of nitriles is 2. The third-order valence-electron chi connectivity index (χ3n) is 9.45. The first-order valence-corrected chi connectivity index (χ1v) is 16.0. The van der Waals surface area contributed by atoms with Gasteiger partial charge < -0.3 is 20.1 Å². The number of hydrogen-bond acceptors (Lipinski definition) is 10. The molecule has 0 radical (unpaired) electrons. The van der Waals surface area contributed by atoms with Gasteiger partial charge in [0.05, 0.1) is 53.1 Å². The predicted molar refractivity (Wildman–Crippen MR) is 165 cm³/mol. The lowest BCUT2D eigenvalue weighted by atomic mass is 9.92. The minimum Gasteiger partial charge on any atom is -0.461 e. The molecule has 0 aliphatic carbocycles. The molecule has 0 amide bonds. The molecule has 9 nitrogen and oxygen atoms in total. The Bertz CT molecular complexity index is 2030. The van der Waals surface area contributed by atoms with E-state index in [0.717, 1.165) is 24.6 Å². The first-order chi connectivity index (χ1) is 23.0. The summed E-state index contributed by atoms with van der Waals surface area (Å²) in [5, 5.41) is 18.6. The molecule has 3 saturated heterocycles. The molecule has 5 heterocycles. The van der Waals surface area contributed by atoms with Gasteiger partial charge in [-0.15, -0.1) is 11.3 Å². The Kier molecular flexibility index (Phi) is 8.01. The largest absolute Gasteiger partial charge is 0.461 e. The van der Waals surface area contributed by atoms with Crippen LogP contribution in [-0.2, 0) is 10.9 Å². The van der Waals surface area contributed by atoms with Crippen LogP contribution >= 0.6 is 11.3 Å². The van der Waals surface area contributed by atoms with E-state index < -0.39 is 52.2 Å². The standard InChI is InChI=1S/C32H27F6N7O2S/c33-16-11-31(5-1-7-44(31)13-16)15-47-30-42-26-19(29(43-30)45-8-9-46-14-17(45)4-6-39)10-21(32(36,37)38)24(25(26)35)18-2-3-22(34)27-23(18)20(12-40)28(41)48-27/h2-3,10,16-17H,1,4-5,7-9,11,13-15,41H2/t16-,17+,31+/m1/s1. The second-order valence-electron chi connectivity index (χ2n) is 12.2. The zero-order chi connectivity index (χ0) is 34.0. The Hall–Kier alpha value is -4.38. The summed E-state index contributed by atoms with van der Waals surface area (Å²) in [6.07, 6.45) is -4.54. The van der Waals surface area contributed by atoms with Gasteiger partial charge in [0.2, 0.25) is 0 Å². The number of fused-ring (bicyclic) bond motifs is 3. The van der Waals surface area contributed by atoms with Gasteiger partial charge in [-0.1, -0.05) is 6.07 Å². The zero-order valence-corrected chi connectivity index (χ0v) is 26.0. The van der Waals surface area contributed by atoms with Crippen molar-refractivity contribution in [2.75, 3.05) is 50.1 Å². The topological polar surface area (TPSA) is 124 Å². The second-order valence-corrected chi connectivity index (χ2v) is 13.3. The SMILES string of the molecule is N#CC[C@H]1COCCN1c1nc(OC[C@@]23CCCN2C[C@H](F)C3)nc2c(F)c(-c3ccc(F)c4sc(N)c(C#N)c34)c(C(F)(F)F)cc12. The number of alkyl halides is 4. The highest BCUT2D eigenvalue weighted by Gasteiger charge is 2.49. The van der Waals surface area contributed by atoms with E-state index in [9.17, 15) is 32.5 Å². The number of ether oxygens (including phenoxy) is 2. The van der Waals surface area contributed by atoms with Crippen molar-refractivity contribution in [3.8, 4) is 29.3 Å². The minimum absolute atomic E-state index is 0.0312. The molecule has 0 spiro atoms. The van der Waals surface area contributed by atoms with Crippen molar-refractivity contribution in [2.45, 2.75) is 49.6 Å². The van der Waals surface area contributed by atoms with E-state index in [1.54, 1.807) is 11.0 Å². The van der Waals surface area contributed by atoms with E-state index >= 15 is 4.39 Å². The summed E-state index contributed by atoms with van der Waals surface area (Å²) >= 11 is 0.671. The van der Waals surface area contributed by atoms with Crippen LogP contribution in [0.5, 0.6) is 6.01 Å². The average molecular weight is 688 g/mol. The van der Waals surface area contributed by atoms with Crippen molar-refractivity contribution in [1.29, 1.82) is 10.5 Å². The molecule has 7 rings (SSSR count). The summed E-state index contributed by atoms with van der Waals surface area (Å²) in [6.45, 7) is 1.26. The third kappa shape index (κ3) is 5.23.